The molecule has 1 aromatic carbocycles. The number of carbonyl (C=O) groups excluding carboxylic acids is 1. The molecule has 0 aliphatic heterocycles. The fourth-order valence-corrected chi connectivity index (χ4v) is 7.91. The summed E-state index contributed by atoms with van der Waals surface area (Å²) in [4.78, 5) is 11.2. The van der Waals surface area contributed by atoms with Crippen molar-refractivity contribution < 1.29 is 22.1 Å². The Morgan fingerprint density at radius 3 is 1.82 bits per heavy atom. The molecular formula is C29H53NO5SSi2. The van der Waals surface area contributed by atoms with Crippen molar-refractivity contribution in [3.63, 3.8) is 0 Å². The molecule has 0 aliphatic carbocycles. The zero-order valence-electron chi connectivity index (χ0n) is 26.1. The monoisotopic (exact) mass is 583 g/mol. The summed E-state index contributed by atoms with van der Waals surface area (Å²) in [6.45, 7) is 27.9. The van der Waals surface area contributed by atoms with Crippen LogP contribution in [0.25, 0.3) is 0 Å². The second-order valence-electron chi connectivity index (χ2n) is 13.5. The van der Waals surface area contributed by atoms with E-state index in [1.54, 1.807) is 22.5 Å². The van der Waals surface area contributed by atoms with Gasteiger partial charge >= 0.3 is 0 Å². The Labute approximate surface area is 235 Å². The molecule has 0 saturated heterocycles. The minimum absolute atomic E-state index is 0.00324. The highest BCUT2D eigenvalue weighted by atomic mass is 32.2. The molecule has 218 valence electrons. The number of nitrogens with zero attached hydrogens (tertiary/aromatic N) is 1. The molecule has 38 heavy (non-hydrogen) atoms. The molecule has 0 heterocycles. The Morgan fingerprint density at radius 1 is 0.895 bits per heavy atom. The number of hydrogen-bond acceptors (Lipinski definition) is 5. The van der Waals surface area contributed by atoms with Gasteiger partial charge in [-0.15, -0.1) is 0 Å². The maximum Gasteiger partial charge on any atom is 0.243 e. The molecule has 2 atom stereocenters. The number of aldehydes is 1. The van der Waals surface area contributed by atoms with Gasteiger partial charge in [0.15, 0.2) is 16.6 Å². The van der Waals surface area contributed by atoms with Gasteiger partial charge in [-0.3, -0.25) is 4.79 Å². The van der Waals surface area contributed by atoms with Crippen molar-refractivity contribution in [3.8, 4) is 0 Å². The van der Waals surface area contributed by atoms with Crippen LogP contribution in [0.15, 0.2) is 41.3 Å². The average Bonchev–Trinajstić information content (AvgIpc) is 2.75. The van der Waals surface area contributed by atoms with Crippen LogP contribution >= 0.6 is 0 Å². The third kappa shape index (κ3) is 8.96. The van der Waals surface area contributed by atoms with Crippen molar-refractivity contribution in [2.24, 2.45) is 0 Å². The van der Waals surface area contributed by atoms with Gasteiger partial charge in [0.2, 0.25) is 10.0 Å². The van der Waals surface area contributed by atoms with Crippen LogP contribution in [0, 0.1) is 0 Å². The predicted molar refractivity (Wildman–Crippen MR) is 164 cm³/mol. The molecule has 6 nitrogen and oxygen atoms in total. The molecule has 0 aromatic heterocycles. The molecule has 0 N–H and O–H groups in total. The van der Waals surface area contributed by atoms with Crippen LogP contribution in [-0.2, 0) is 23.7 Å². The number of rotatable bonds is 13. The van der Waals surface area contributed by atoms with Gasteiger partial charge in [0.05, 0.1) is 23.6 Å². The lowest BCUT2D eigenvalue weighted by molar-refractivity contribution is -0.104. The van der Waals surface area contributed by atoms with E-state index in [0.717, 1.165) is 5.56 Å². The smallest absolute Gasteiger partial charge is 0.243 e. The molecule has 0 amide bonds. The van der Waals surface area contributed by atoms with Crippen molar-refractivity contribution >= 4 is 32.9 Å². The molecule has 1 aromatic rings. The van der Waals surface area contributed by atoms with E-state index in [9.17, 15) is 13.2 Å². The molecule has 1 rings (SSSR count). The summed E-state index contributed by atoms with van der Waals surface area (Å²) >= 11 is 0. The summed E-state index contributed by atoms with van der Waals surface area (Å²) in [6, 6.07) is 6.34. The number of carbonyl (C=O) groups is 1. The van der Waals surface area contributed by atoms with Crippen molar-refractivity contribution in [2.45, 2.75) is 128 Å². The standard InChI is InChI=1S/C29H53NO5SSi2/c1-23(2)30(26(16-14-15-21-31)22-34-37(10,11)28(4,5)6)36(32,33)27-19-17-25(18-20-27)24(3)35-38(12,13)29(7,8)9/h14-15,17-21,23-24,26H,16,22H2,1-13H3/b15-14+/t24?,26-/m0/s1. The van der Waals surface area contributed by atoms with Crippen LogP contribution in [0.5, 0.6) is 0 Å². The maximum atomic E-state index is 14.0. The highest BCUT2D eigenvalue weighted by molar-refractivity contribution is 7.89. The molecule has 0 bridgehead atoms. The largest absolute Gasteiger partial charge is 0.415 e. The van der Waals surface area contributed by atoms with Crippen LogP contribution in [0.2, 0.25) is 36.3 Å². The minimum Gasteiger partial charge on any atom is -0.415 e. The SMILES string of the molecule is CC(O[Si](C)(C)C(C)(C)C)c1ccc(S(=O)(=O)N(C(C)C)[C@@H](C/C=C/C=O)CO[Si](C)(C)C(C)(C)C)cc1. The van der Waals surface area contributed by atoms with Gasteiger partial charge in [-0.2, -0.15) is 4.31 Å². The van der Waals surface area contributed by atoms with Crippen molar-refractivity contribution in [3.05, 3.63) is 42.0 Å². The van der Waals surface area contributed by atoms with E-state index in [0.29, 0.717) is 12.7 Å². The van der Waals surface area contributed by atoms with E-state index in [1.165, 1.54) is 6.08 Å². The van der Waals surface area contributed by atoms with Gasteiger partial charge in [-0.1, -0.05) is 59.8 Å². The molecular weight excluding hydrogens is 531 g/mol. The topological polar surface area (TPSA) is 72.9 Å². The van der Waals surface area contributed by atoms with Crippen LogP contribution in [0.3, 0.4) is 0 Å². The minimum atomic E-state index is -3.83. The van der Waals surface area contributed by atoms with Gasteiger partial charge in [0.1, 0.15) is 6.29 Å². The molecule has 0 spiro atoms. The first-order chi connectivity index (χ1) is 17.1. The Kier molecular flexibility index (Phi) is 12.0. The number of benzene rings is 1. The average molecular weight is 584 g/mol. The third-order valence-corrected chi connectivity index (χ3v) is 19.3. The van der Waals surface area contributed by atoms with Gasteiger partial charge in [0, 0.05) is 6.04 Å². The first-order valence-corrected chi connectivity index (χ1v) is 20.9. The van der Waals surface area contributed by atoms with E-state index in [-0.39, 0.29) is 33.7 Å². The number of sulfonamides is 1. The highest BCUT2D eigenvalue weighted by Gasteiger charge is 2.41. The summed E-state index contributed by atoms with van der Waals surface area (Å²) in [6.07, 6.45) is 4.11. The summed E-state index contributed by atoms with van der Waals surface area (Å²) in [5.74, 6) is 0. The van der Waals surface area contributed by atoms with Crippen LogP contribution in [-0.4, -0.2) is 54.3 Å². The quantitative estimate of drug-likeness (QED) is 0.135. The van der Waals surface area contributed by atoms with E-state index in [4.69, 9.17) is 8.85 Å². The molecule has 9 heteroatoms. The molecule has 0 saturated carbocycles. The summed E-state index contributed by atoms with van der Waals surface area (Å²) in [5.41, 5.74) is 0.955. The number of allylic oxidation sites excluding steroid dienone is 1. The predicted octanol–water partition coefficient (Wildman–Crippen LogP) is 7.70. The lowest BCUT2D eigenvalue weighted by atomic mass is 10.1. The van der Waals surface area contributed by atoms with Crippen molar-refractivity contribution in [2.75, 3.05) is 6.61 Å². The fraction of sp³-hybridized carbons (Fsp3) is 0.690. The Hall–Kier alpha value is -1.11. The first kappa shape index (κ1) is 34.9. The zero-order valence-corrected chi connectivity index (χ0v) is 28.9. The Balaban J connectivity index is 3.34. The molecule has 0 aliphatic rings. The first-order valence-electron chi connectivity index (χ1n) is 13.6. The van der Waals surface area contributed by atoms with Gasteiger partial charge < -0.3 is 8.85 Å². The van der Waals surface area contributed by atoms with Gasteiger partial charge in [-0.25, -0.2) is 8.42 Å². The Morgan fingerprint density at radius 2 is 1.39 bits per heavy atom. The molecule has 0 radical (unpaired) electrons. The second-order valence-corrected chi connectivity index (χ2v) is 25.0. The molecule has 1 unspecified atom stereocenters. The lowest BCUT2D eigenvalue weighted by Crippen LogP contribution is -2.50. The normalized spacial score (nSPS) is 15.9. The van der Waals surface area contributed by atoms with E-state index in [2.05, 4.69) is 67.7 Å². The lowest BCUT2D eigenvalue weighted by Gasteiger charge is -2.40. The summed E-state index contributed by atoms with van der Waals surface area (Å²) in [7, 11) is -7.91. The summed E-state index contributed by atoms with van der Waals surface area (Å²) < 4.78 is 42.5. The van der Waals surface area contributed by atoms with Crippen molar-refractivity contribution in [1.82, 2.24) is 4.31 Å². The third-order valence-electron chi connectivity index (χ3n) is 8.14. The van der Waals surface area contributed by atoms with Gasteiger partial charge in [0.25, 0.3) is 0 Å². The van der Waals surface area contributed by atoms with Crippen LogP contribution < -0.4 is 0 Å². The fourth-order valence-electron chi connectivity index (χ4n) is 3.67. The van der Waals surface area contributed by atoms with E-state index < -0.39 is 32.7 Å². The maximum absolute atomic E-state index is 14.0. The van der Waals surface area contributed by atoms with E-state index >= 15 is 0 Å². The summed E-state index contributed by atoms with van der Waals surface area (Å²) in [5, 5.41) is 0.0822. The highest BCUT2D eigenvalue weighted by Crippen LogP contribution is 2.40. The second kappa shape index (κ2) is 13.0. The molecule has 0 fully saturated rings. The number of hydrogen-bond donors (Lipinski definition) is 0. The van der Waals surface area contributed by atoms with E-state index in [1.807, 2.05) is 32.9 Å². The van der Waals surface area contributed by atoms with Crippen molar-refractivity contribution in [1.29, 1.82) is 0 Å². The zero-order chi connectivity index (χ0) is 29.7. The van der Waals surface area contributed by atoms with Crippen LogP contribution in [0.4, 0.5) is 0 Å². The van der Waals surface area contributed by atoms with Crippen LogP contribution in [0.1, 0.15) is 80.4 Å². The van der Waals surface area contributed by atoms with Gasteiger partial charge in [-0.05, 0) is 87.2 Å². The Bertz CT molecular complexity index is 1040.